The van der Waals surface area contributed by atoms with Gasteiger partial charge in [0.05, 0.1) is 5.57 Å². The van der Waals surface area contributed by atoms with Crippen LogP contribution in [0.5, 0.6) is 5.75 Å². The van der Waals surface area contributed by atoms with Crippen LogP contribution in [-0.2, 0) is 21.9 Å². The van der Waals surface area contributed by atoms with Crippen LogP contribution in [0.2, 0.25) is 0 Å². The Morgan fingerprint density at radius 1 is 0.936 bits per heavy atom. The molecule has 234 valence electrons. The van der Waals surface area contributed by atoms with Crippen LogP contribution in [0.1, 0.15) is 39.8 Å². The number of carbonyl (C=O) groups is 2. The first-order valence-corrected chi connectivity index (χ1v) is 16.7. The van der Waals surface area contributed by atoms with Crippen LogP contribution in [0.4, 0.5) is 5.13 Å². The van der Waals surface area contributed by atoms with Gasteiger partial charge in [-0.1, -0.05) is 95.4 Å². The average Bonchev–Trinajstić information content (AvgIpc) is 3.80. The number of amides is 1. The molecule has 3 heterocycles. The summed E-state index contributed by atoms with van der Waals surface area (Å²) in [7, 11) is 0. The SMILES string of the molecule is Cc1cccc(COc2ccc(/C(O)=C3\C(=O)C(=O)N(c4nnc(SCc5cccc6ccccc56)s4)C3c3ccc(C)o3)cc2)c1. The van der Waals surface area contributed by atoms with E-state index in [2.05, 4.69) is 40.5 Å². The minimum atomic E-state index is -1.02. The van der Waals surface area contributed by atoms with Gasteiger partial charge in [0.15, 0.2) is 4.34 Å². The summed E-state index contributed by atoms with van der Waals surface area (Å²) in [6.45, 7) is 4.19. The van der Waals surface area contributed by atoms with Gasteiger partial charge in [0, 0.05) is 11.3 Å². The zero-order valence-corrected chi connectivity index (χ0v) is 27.2. The third kappa shape index (κ3) is 6.17. The van der Waals surface area contributed by atoms with Crippen LogP contribution in [-0.4, -0.2) is 27.0 Å². The maximum absolute atomic E-state index is 13.6. The van der Waals surface area contributed by atoms with E-state index in [-0.39, 0.29) is 16.5 Å². The van der Waals surface area contributed by atoms with E-state index in [0.29, 0.717) is 39.5 Å². The van der Waals surface area contributed by atoms with Gasteiger partial charge in [-0.15, -0.1) is 10.2 Å². The Kier molecular flexibility index (Phi) is 8.36. The fourth-order valence-electron chi connectivity index (χ4n) is 5.65. The summed E-state index contributed by atoms with van der Waals surface area (Å²) in [5.41, 5.74) is 3.62. The number of aliphatic hydroxyl groups excluding tert-OH is 1. The number of furan rings is 1. The molecule has 1 atom stereocenters. The fraction of sp³-hybridized carbons (Fsp3) is 0.135. The van der Waals surface area contributed by atoms with E-state index in [1.165, 1.54) is 28.0 Å². The topological polar surface area (TPSA) is 106 Å². The number of Topliss-reactive ketones (excluding diaryl/α,β-unsaturated/α-hetero) is 1. The first-order valence-electron chi connectivity index (χ1n) is 14.9. The van der Waals surface area contributed by atoms with Gasteiger partial charge < -0.3 is 14.3 Å². The van der Waals surface area contributed by atoms with Gasteiger partial charge in [-0.05, 0) is 72.1 Å². The molecule has 8 nitrogen and oxygen atoms in total. The zero-order valence-electron chi connectivity index (χ0n) is 25.5. The molecule has 1 fully saturated rings. The quantitative estimate of drug-likeness (QED) is 0.0542. The molecule has 1 aliphatic rings. The number of ketones is 1. The van der Waals surface area contributed by atoms with Crippen molar-refractivity contribution in [2.45, 2.75) is 36.6 Å². The first-order chi connectivity index (χ1) is 22.9. The Balaban J connectivity index is 1.16. The highest BCUT2D eigenvalue weighted by Crippen LogP contribution is 2.44. The molecule has 0 spiro atoms. The molecular weight excluding hydrogens is 631 g/mol. The standard InChI is InChI=1S/C37H29N3O5S2/c1-22-7-5-8-24(19-22)20-44-28-16-14-26(15-17-28)33(41)31-32(30-18-13-23(2)45-30)40(35(43)34(31)42)36-38-39-37(47-36)46-21-27-11-6-10-25-9-3-4-12-29(25)27/h3-19,32,41H,20-21H2,1-2H3/b33-31+. The van der Waals surface area contributed by atoms with Gasteiger partial charge in [0.1, 0.15) is 35.7 Å². The normalized spacial score (nSPS) is 15.9. The Morgan fingerprint density at radius 2 is 1.72 bits per heavy atom. The van der Waals surface area contributed by atoms with Gasteiger partial charge in [0.25, 0.3) is 5.78 Å². The van der Waals surface area contributed by atoms with Gasteiger partial charge in [-0.2, -0.15) is 0 Å². The third-order valence-corrected chi connectivity index (χ3v) is 10.0. The first kappa shape index (κ1) is 30.5. The molecular formula is C37H29N3O5S2. The minimum absolute atomic E-state index is 0.0852. The molecule has 6 aromatic rings. The maximum Gasteiger partial charge on any atom is 0.302 e. The van der Waals surface area contributed by atoms with E-state index >= 15 is 0 Å². The van der Waals surface area contributed by atoms with Crippen molar-refractivity contribution in [2.24, 2.45) is 0 Å². The highest BCUT2D eigenvalue weighted by atomic mass is 32.2. The molecule has 0 saturated carbocycles. The molecule has 1 unspecified atom stereocenters. The molecule has 0 bridgehead atoms. The second kappa shape index (κ2) is 12.9. The number of hydrogen-bond donors (Lipinski definition) is 1. The fourth-order valence-corrected chi connectivity index (χ4v) is 7.52. The summed E-state index contributed by atoms with van der Waals surface area (Å²) in [5.74, 6) is 0.229. The Morgan fingerprint density at radius 3 is 2.51 bits per heavy atom. The number of aliphatic hydroxyl groups is 1. The van der Waals surface area contributed by atoms with Crippen molar-refractivity contribution in [3.05, 3.63) is 142 Å². The number of aromatic nitrogens is 2. The number of rotatable bonds is 9. The van der Waals surface area contributed by atoms with Crippen LogP contribution < -0.4 is 9.64 Å². The van der Waals surface area contributed by atoms with Gasteiger partial charge >= 0.3 is 5.91 Å². The number of aryl methyl sites for hydroxylation is 2. The minimum Gasteiger partial charge on any atom is -0.507 e. The van der Waals surface area contributed by atoms with Crippen molar-refractivity contribution in [3.8, 4) is 5.75 Å². The number of anilines is 1. The number of thioether (sulfide) groups is 1. The van der Waals surface area contributed by atoms with Gasteiger partial charge in [-0.3, -0.25) is 14.5 Å². The monoisotopic (exact) mass is 659 g/mol. The van der Waals surface area contributed by atoms with E-state index in [4.69, 9.17) is 9.15 Å². The van der Waals surface area contributed by atoms with Crippen molar-refractivity contribution in [1.29, 1.82) is 0 Å². The predicted octanol–water partition coefficient (Wildman–Crippen LogP) is 8.40. The highest BCUT2D eigenvalue weighted by Gasteiger charge is 2.49. The average molecular weight is 660 g/mol. The molecule has 2 aromatic heterocycles. The van der Waals surface area contributed by atoms with Gasteiger partial charge in [-0.25, -0.2) is 0 Å². The number of hydrogen-bond acceptors (Lipinski definition) is 9. The van der Waals surface area contributed by atoms with Crippen LogP contribution in [0.15, 0.2) is 117 Å². The molecule has 0 radical (unpaired) electrons. The lowest BCUT2D eigenvalue weighted by molar-refractivity contribution is -0.132. The molecule has 1 amide bonds. The number of carbonyl (C=O) groups excluding carboxylic acids is 2. The highest BCUT2D eigenvalue weighted by molar-refractivity contribution is 8.00. The molecule has 47 heavy (non-hydrogen) atoms. The van der Waals surface area contributed by atoms with E-state index in [9.17, 15) is 14.7 Å². The second-order valence-electron chi connectivity index (χ2n) is 11.2. The Labute approximate surface area is 279 Å². The Hall–Kier alpha value is -5.19. The van der Waals surface area contributed by atoms with Crippen LogP contribution in [0, 0.1) is 13.8 Å². The zero-order chi connectivity index (χ0) is 32.5. The largest absolute Gasteiger partial charge is 0.507 e. The molecule has 7 rings (SSSR count). The summed E-state index contributed by atoms with van der Waals surface area (Å²) < 4.78 is 12.5. The molecule has 4 aromatic carbocycles. The lowest BCUT2D eigenvalue weighted by atomic mass is 9.99. The number of fused-ring (bicyclic) bond motifs is 1. The Bertz CT molecular complexity index is 2150. The lowest BCUT2D eigenvalue weighted by Gasteiger charge is -2.20. The predicted molar refractivity (Wildman–Crippen MR) is 184 cm³/mol. The number of ether oxygens (including phenoxy) is 1. The maximum atomic E-state index is 13.6. The summed E-state index contributed by atoms with van der Waals surface area (Å²) >= 11 is 2.72. The second-order valence-corrected chi connectivity index (χ2v) is 13.4. The summed E-state index contributed by atoms with van der Waals surface area (Å²) in [4.78, 5) is 28.4. The van der Waals surface area contributed by atoms with Crippen molar-refractivity contribution in [1.82, 2.24) is 10.2 Å². The van der Waals surface area contributed by atoms with Crippen molar-refractivity contribution in [2.75, 3.05) is 4.90 Å². The molecule has 1 N–H and O–H groups in total. The third-order valence-electron chi connectivity index (χ3n) is 7.92. The summed E-state index contributed by atoms with van der Waals surface area (Å²) in [6, 6.07) is 31.6. The molecule has 1 saturated heterocycles. The molecule has 0 aliphatic carbocycles. The number of benzene rings is 4. The van der Waals surface area contributed by atoms with E-state index in [1.54, 1.807) is 43.3 Å². The van der Waals surface area contributed by atoms with Crippen LogP contribution >= 0.6 is 23.1 Å². The van der Waals surface area contributed by atoms with Crippen molar-refractivity contribution >= 4 is 56.5 Å². The van der Waals surface area contributed by atoms with E-state index in [1.807, 2.05) is 43.3 Å². The van der Waals surface area contributed by atoms with Crippen molar-refractivity contribution in [3.63, 3.8) is 0 Å². The molecule has 10 heteroatoms. The van der Waals surface area contributed by atoms with E-state index in [0.717, 1.165) is 27.5 Å². The van der Waals surface area contributed by atoms with Gasteiger partial charge in [0.2, 0.25) is 5.13 Å². The summed E-state index contributed by atoms with van der Waals surface area (Å²) in [6.07, 6.45) is 0. The smallest absolute Gasteiger partial charge is 0.302 e. The summed E-state index contributed by atoms with van der Waals surface area (Å²) in [5, 5.41) is 22.7. The van der Waals surface area contributed by atoms with Crippen LogP contribution in [0.25, 0.3) is 16.5 Å². The van der Waals surface area contributed by atoms with Crippen LogP contribution in [0.3, 0.4) is 0 Å². The number of nitrogens with zero attached hydrogens (tertiary/aromatic N) is 3. The molecule has 1 aliphatic heterocycles. The van der Waals surface area contributed by atoms with E-state index < -0.39 is 17.7 Å². The van der Waals surface area contributed by atoms with Crippen molar-refractivity contribution < 1.29 is 23.8 Å². The lowest BCUT2D eigenvalue weighted by Crippen LogP contribution is -2.29.